The second kappa shape index (κ2) is 23.7. The summed E-state index contributed by atoms with van der Waals surface area (Å²) in [6, 6.07) is 15.3. The summed E-state index contributed by atoms with van der Waals surface area (Å²) in [5.41, 5.74) is 14.9. The average Bonchev–Trinajstić information content (AvgIpc) is 2.80. The summed E-state index contributed by atoms with van der Waals surface area (Å²) in [5, 5.41) is 17.6. The lowest BCUT2D eigenvalue weighted by atomic mass is 10.2. The minimum Gasteiger partial charge on any atom is -0.412 e. The first kappa shape index (κ1) is 46.1. The normalized spacial score (nSPS) is 10.3. The zero-order valence-corrected chi connectivity index (χ0v) is 25.1. The quantitative estimate of drug-likeness (QED) is 0.123. The van der Waals surface area contributed by atoms with Gasteiger partial charge >= 0.3 is 31.2 Å². The van der Waals surface area contributed by atoms with Gasteiger partial charge in [0.25, 0.3) is 0 Å². The molecule has 2 aromatic carbocycles. The third kappa shape index (κ3) is 39.3. The van der Waals surface area contributed by atoms with E-state index < -0.39 is 31.2 Å². The predicted octanol–water partition coefficient (Wildman–Crippen LogP) is -0.608. The van der Waals surface area contributed by atoms with Crippen LogP contribution in [0.25, 0.3) is 0 Å². The maximum absolute atomic E-state index is 8.82. The number of rotatable bonds is 8. The lowest BCUT2D eigenvalue weighted by molar-refractivity contribution is 0.302. The number of aliphatic hydroxyl groups excluding tert-OH is 2. The maximum Gasteiger partial charge on any atom is 0.394 e. The highest BCUT2D eigenvalue weighted by molar-refractivity contribution is 7.80. The van der Waals surface area contributed by atoms with Gasteiger partial charge in [-0.2, -0.15) is 25.3 Å². The Labute approximate surface area is 245 Å². The first-order valence-corrected chi connectivity index (χ1v) is 15.3. The van der Waals surface area contributed by atoms with Crippen LogP contribution in [-0.4, -0.2) is 108 Å². The summed E-state index contributed by atoms with van der Waals surface area (Å²) >= 11 is 0. The number of benzene rings is 2. The molecule has 0 saturated heterocycles. The smallest absolute Gasteiger partial charge is 0.394 e. The van der Waals surface area contributed by atoms with Crippen molar-refractivity contribution in [3.05, 3.63) is 48.5 Å². The SMILES string of the molecule is CCN(CCO)c1ccc(N)cc1.CCN(CCO)c1ccc(N)cc1.O.O=S(=O)(O)O.O=S(=O)(O)O.O=S(=O)(O)O. The van der Waals surface area contributed by atoms with Crippen molar-refractivity contribution in [2.24, 2.45) is 0 Å². The summed E-state index contributed by atoms with van der Waals surface area (Å²) in [6.45, 7) is 7.60. The van der Waals surface area contributed by atoms with Crippen LogP contribution in [0.3, 0.4) is 0 Å². The van der Waals surface area contributed by atoms with E-state index in [1.165, 1.54) is 0 Å². The Morgan fingerprint density at radius 2 is 0.738 bits per heavy atom. The monoisotopic (exact) mass is 672 g/mol. The van der Waals surface area contributed by atoms with E-state index in [-0.39, 0.29) is 18.7 Å². The van der Waals surface area contributed by atoms with E-state index in [2.05, 4.69) is 23.6 Å². The molecular weight excluding hydrogens is 632 g/mol. The number of anilines is 4. The molecule has 14 N–H and O–H groups in total. The maximum atomic E-state index is 8.82. The van der Waals surface area contributed by atoms with Crippen molar-refractivity contribution in [2.75, 3.05) is 60.7 Å². The van der Waals surface area contributed by atoms with Crippen LogP contribution >= 0.6 is 0 Å². The largest absolute Gasteiger partial charge is 0.412 e. The van der Waals surface area contributed by atoms with Gasteiger partial charge in [0.15, 0.2) is 0 Å². The Balaban J connectivity index is -0.000000232. The molecule has 0 fully saturated rings. The van der Waals surface area contributed by atoms with Gasteiger partial charge in [-0.05, 0) is 62.4 Å². The molecule has 248 valence electrons. The number of nitrogens with zero attached hydrogens (tertiary/aromatic N) is 2. The first-order chi connectivity index (χ1) is 18.5. The highest BCUT2D eigenvalue weighted by atomic mass is 32.3. The molecule has 0 aliphatic heterocycles. The fraction of sp³-hybridized carbons (Fsp3) is 0.400. The van der Waals surface area contributed by atoms with Gasteiger partial charge in [0.05, 0.1) is 13.2 Å². The molecule has 0 bridgehead atoms. The second-order valence-corrected chi connectivity index (χ2v) is 9.82. The van der Waals surface area contributed by atoms with Crippen LogP contribution in [0.1, 0.15) is 13.8 Å². The summed E-state index contributed by atoms with van der Waals surface area (Å²) in [4.78, 5) is 4.19. The molecule has 0 aliphatic rings. The van der Waals surface area contributed by atoms with Crippen LogP contribution < -0.4 is 21.3 Å². The lowest BCUT2D eigenvalue weighted by Crippen LogP contribution is -2.25. The molecular formula is C20H40N4O15S3. The second-order valence-electron chi connectivity index (χ2n) is 7.13. The minimum absolute atomic E-state index is 0. The van der Waals surface area contributed by atoms with Gasteiger partial charge < -0.3 is 37.0 Å². The average molecular weight is 673 g/mol. The van der Waals surface area contributed by atoms with Crippen molar-refractivity contribution >= 4 is 53.9 Å². The molecule has 0 aromatic heterocycles. The molecule has 0 atom stereocenters. The summed E-state index contributed by atoms with van der Waals surface area (Å²) in [5.74, 6) is 0. The fourth-order valence-corrected chi connectivity index (χ4v) is 2.55. The van der Waals surface area contributed by atoms with Gasteiger partial charge in [-0.1, -0.05) is 0 Å². The van der Waals surface area contributed by atoms with Crippen LogP contribution in [0.2, 0.25) is 0 Å². The zero-order valence-electron chi connectivity index (χ0n) is 22.7. The molecule has 0 heterocycles. The molecule has 0 unspecified atom stereocenters. The predicted molar refractivity (Wildman–Crippen MR) is 158 cm³/mol. The van der Waals surface area contributed by atoms with Crippen LogP contribution in [0.5, 0.6) is 0 Å². The zero-order chi connectivity index (χ0) is 32.9. The molecule has 0 radical (unpaired) electrons. The van der Waals surface area contributed by atoms with Crippen LogP contribution in [0.15, 0.2) is 48.5 Å². The van der Waals surface area contributed by atoms with Crippen molar-refractivity contribution in [3.8, 4) is 0 Å². The van der Waals surface area contributed by atoms with Gasteiger partial charge in [0.2, 0.25) is 0 Å². The van der Waals surface area contributed by atoms with Gasteiger partial charge in [-0.25, -0.2) is 0 Å². The van der Waals surface area contributed by atoms with E-state index in [0.717, 1.165) is 35.8 Å². The highest BCUT2D eigenvalue weighted by Crippen LogP contribution is 2.16. The molecule has 0 aliphatic carbocycles. The number of hydrogen-bond donors (Lipinski definition) is 10. The Morgan fingerprint density at radius 1 is 0.548 bits per heavy atom. The third-order valence-corrected chi connectivity index (χ3v) is 4.02. The van der Waals surface area contributed by atoms with E-state index in [4.69, 9.17) is 74.3 Å². The molecule has 42 heavy (non-hydrogen) atoms. The molecule has 22 heteroatoms. The Morgan fingerprint density at radius 3 is 0.881 bits per heavy atom. The number of aliphatic hydroxyl groups is 2. The van der Waals surface area contributed by atoms with E-state index >= 15 is 0 Å². The van der Waals surface area contributed by atoms with Crippen molar-refractivity contribution in [2.45, 2.75) is 13.8 Å². The topological polar surface area (TPSA) is 354 Å². The van der Waals surface area contributed by atoms with E-state index in [0.29, 0.717) is 13.1 Å². The summed E-state index contributed by atoms with van der Waals surface area (Å²) in [7, 11) is -14.0. The molecule has 0 spiro atoms. The number of nitrogen functional groups attached to an aromatic ring is 2. The van der Waals surface area contributed by atoms with Crippen molar-refractivity contribution in [1.29, 1.82) is 0 Å². The van der Waals surface area contributed by atoms with E-state index in [9.17, 15) is 0 Å². The molecule has 0 amide bonds. The molecule has 2 rings (SSSR count). The van der Waals surface area contributed by atoms with Gasteiger partial charge in [-0.15, -0.1) is 0 Å². The van der Waals surface area contributed by atoms with Crippen molar-refractivity contribution in [1.82, 2.24) is 0 Å². The Bertz CT molecular complexity index is 1110. The first-order valence-electron chi connectivity index (χ1n) is 11.1. The Kier molecular flexibility index (Phi) is 26.0. The summed E-state index contributed by atoms with van der Waals surface area (Å²) in [6.07, 6.45) is 0. The van der Waals surface area contributed by atoms with E-state index in [1.54, 1.807) is 0 Å². The van der Waals surface area contributed by atoms with E-state index in [1.807, 2.05) is 48.5 Å². The lowest BCUT2D eigenvalue weighted by Gasteiger charge is -2.21. The number of likely N-dealkylation sites (N-methyl/N-ethyl adjacent to an activating group) is 2. The van der Waals surface area contributed by atoms with Gasteiger partial charge in [0, 0.05) is 48.9 Å². The fourth-order valence-electron chi connectivity index (χ4n) is 2.55. The van der Waals surface area contributed by atoms with Crippen LogP contribution in [0.4, 0.5) is 22.7 Å². The summed E-state index contributed by atoms with van der Waals surface area (Å²) < 4.78 is 94.8. The number of nitrogens with two attached hydrogens (primary N) is 2. The highest BCUT2D eigenvalue weighted by Gasteiger charge is 2.02. The van der Waals surface area contributed by atoms with Gasteiger partial charge in [0.1, 0.15) is 0 Å². The van der Waals surface area contributed by atoms with Crippen LogP contribution in [-0.2, 0) is 31.2 Å². The van der Waals surface area contributed by atoms with Gasteiger partial charge in [-0.3, -0.25) is 27.3 Å². The molecule has 2 aromatic rings. The third-order valence-electron chi connectivity index (χ3n) is 4.02. The Hall–Kier alpha value is -2.87. The molecule has 19 nitrogen and oxygen atoms in total. The number of hydrogen-bond acceptors (Lipinski definition) is 12. The standard InChI is InChI=1S/2C10H16N2O.3H2O4S.H2O/c2*1-2-12(7-8-13)10-5-3-9(11)4-6-10;3*1-5(2,3)4;/h2*3-6,13H,2,7-8,11H2,1H3;3*(H2,1,2,3,4);1H2. The van der Waals surface area contributed by atoms with Crippen molar-refractivity contribution in [3.63, 3.8) is 0 Å². The minimum atomic E-state index is -4.67. The van der Waals surface area contributed by atoms with Crippen molar-refractivity contribution < 1.29 is 68.3 Å². The van der Waals surface area contributed by atoms with Crippen LogP contribution in [0, 0.1) is 0 Å². The molecule has 0 saturated carbocycles.